The van der Waals surface area contributed by atoms with Crippen LogP contribution in [0.15, 0.2) is 36.5 Å². The quantitative estimate of drug-likeness (QED) is 0.782. The average Bonchev–Trinajstić information content (AvgIpc) is 3.07. The lowest BCUT2D eigenvalue weighted by atomic mass is 10.2. The van der Waals surface area contributed by atoms with Crippen LogP contribution in [0.5, 0.6) is 0 Å². The minimum absolute atomic E-state index is 0.161. The van der Waals surface area contributed by atoms with E-state index < -0.39 is 5.97 Å². The summed E-state index contributed by atoms with van der Waals surface area (Å²) in [6.45, 7) is 3.29. The maximum absolute atomic E-state index is 11.9. The fourth-order valence-electron chi connectivity index (χ4n) is 2.85. The third-order valence-electron chi connectivity index (χ3n) is 4.12. The molecule has 0 aliphatic carbocycles. The number of carbonyl (C=O) groups excluding carboxylic acids is 2. The number of esters is 1. The second kappa shape index (κ2) is 8.19. The highest BCUT2D eigenvalue weighted by Crippen LogP contribution is 2.23. The van der Waals surface area contributed by atoms with Crippen molar-refractivity contribution in [3.8, 4) is 0 Å². The Morgan fingerprint density at radius 2 is 2.23 bits per heavy atom. The number of benzene rings is 1. The molecular formula is C19H20ClN3O3. The predicted octanol–water partition coefficient (Wildman–Crippen LogP) is 3.65. The standard InChI is InChI=1S/C19H20ClN3O3/c1-2-26-19(25)15-10-17(22-12-16(15)20)21-11-13-5-3-6-14(9-13)23-8-4-7-18(23)24/h3,5-6,9-10,12H,2,4,7-8,11H2,1H3,(H,21,22). The van der Waals surface area contributed by atoms with E-state index in [0.717, 1.165) is 24.2 Å². The Morgan fingerprint density at radius 1 is 1.38 bits per heavy atom. The summed E-state index contributed by atoms with van der Waals surface area (Å²) in [5, 5.41) is 3.43. The van der Waals surface area contributed by atoms with E-state index in [0.29, 0.717) is 18.8 Å². The van der Waals surface area contributed by atoms with Gasteiger partial charge in [-0.05, 0) is 37.1 Å². The normalized spacial score (nSPS) is 13.8. The first-order chi connectivity index (χ1) is 12.6. The van der Waals surface area contributed by atoms with Gasteiger partial charge < -0.3 is 15.0 Å². The molecule has 0 atom stereocenters. The van der Waals surface area contributed by atoms with Gasteiger partial charge in [0.15, 0.2) is 0 Å². The molecule has 3 rings (SSSR count). The van der Waals surface area contributed by atoms with Gasteiger partial charge >= 0.3 is 5.97 Å². The molecule has 2 aromatic rings. The van der Waals surface area contributed by atoms with Gasteiger partial charge in [-0.3, -0.25) is 4.79 Å². The molecule has 1 aliphatic rings. The summed E-state index contributed by atoms with van der Waals surface area (Å²) in [5.74, 6) is 0.214. The van der Waals surface area contributed by atoms with Gasteiger partial charge in [-0.2, -0.15) is 0 Å². The van der Waals surface area contributed by atoms with E-state index >= 15 is 0 Å². The summed E-state index contributed by atoms with van der Waals surface area (Å²) in [4.78, 5) is 29.8. The lowest BCUT2D eigenvalue weighted by Crippen LogP contribution is -2.23. The van der Waals surface area contributed by atoms with E-state index in [-0.39, 0.29) is 23.1 Å². The van der Waals surface area contributed by atoms with Crippen LogP contribution in [0, 0.1) is 0 Å². The van der Waals surface area contributed by atoms with E-state index in [1.54, 1.807) is 13.0 Å². The Bertz CT molecular complexity index is 825. The van der Waals surface area contributed by atoms with Crippen molar-refractivity contribution in [1.29, 1.82) is 0 Å². The molecule has 0 spiro atoms. The minimum atomic E-state index is -0.475. The molecule has 7 heteroatoms. The summed E-state index contributed by atoms with van der Waals surface area (Å²) in [6, 6.07) is 9.40. The van der Waals surface area contributed by atoms with Crippen LogP contribution in [0.3, 0.4) is 0 Å². The second-order valence-electron chi connectivity index (χ2n) is 5.94. The number of aromatic nitrogens is 1. The zero-order chi connectivity index (χ0) is 18.5. The number of anilines is 2. The summed E-state index contributed by atoms with van der Waals surface area (Å²) in [5.41, 5.74) is 2.20. The number of pyridine rings is 1. The van der Waals surface area contributed by atoms with Crippen LogP contribution in [0.4, 0.5) is 11.5 Å². The molecule has 26 heavy (non-hydrogen) atoms. The van der Waals surface area contributed by atoms with Crippen molar-refractivity contribution in [3.05, 3.63) is 52.7 Å². The van der Waals surface area contributed by atoms with Gasteiger partial charge in [0.1, 0.15) is 5.82 Å². The fraction of sp³-hybridized carbons (Fsp3) is 0.316. The molecule has 1 saturated heterocycles. The Hall–Kier alpha value is -2.60. The van der Waals surface area contributed by atoms with Crippen LogP contribution >= 0.6 is 11.6 Å². The Morgan fingerprint density at radius 3 is 2.96 bits per heavy atom. The topological polar surface area (TPSA) is 71.5 Å². The highest BCUT2D eigenvalue weighted by atomic mass is 35.5. The van der Waals surface area contributed by atoms with Gasteiger partial charge in [0, 0.05) is 31.4 Å². The lowest BCUT2D eigenvalue weighted by Gasteiger charge is -2.17. The number of hydrogen-bond acceptors (Lipinski definition) is 5. The number of halogens is 1. The SMILES string of the molecule is CCOC(=O)c1cc(NCc2cccc(N3CCCC3=O)c2)ncc1Cl. The summed E-state index contributed by atoms with van der Waals surface area (Å²) in [7, 11) is 0. The van der Waals surface area contributed by atoms with Gasteiger partial charge in [0.05, 0.1) is 17.2 Å². The second-order valence-corrected chi connectivity index (χ2v) is 6.35. The van der Waals surface area contributed by atoms with E-state index in [4.69, 9.17) is 16.3 Å². The average molecular weight is 374 g/mol. The molecule has 0 bridgehead atoms. The molecule has 1 amide bonds. The third-order valence-corrected chi connectivity index (χ3v) is 4.42. The predicted molar refractivity (Wildman–Crippen MR) is 101 cm³/mol. The molecule has 0 radical (unpaired) electrons. The molecule has 1 aliphatic heterocycles. The Balaban J connectivity index is 1.70. The van der Waals surface area contributed by atoms with Crippen molar-refractivity contribution in [3.63, 3.8) is 0 Å². The van der Waals surface area contributed by atoms with Crippen LogP contribution < -0.4 is 10.2 Å². The van der Waals surface area contributed by atoms with Gasteiger partial charge in [-0.25, -0.2) is 9.78 Å². The molecule has 1 aromatic carbocycles. The van der Waals surface area contributed by atoms with Gasteiger partial charge in [-0.15, -0.1) is 0 Å². The van der Waals surface area contributed by atoms with E-state index in [9.17, 15) is 9.59 Å². The maximum atomic E-state index is 11.9. The number of nitrogens with one attached hydrogen (secondary N) is 1. The van der Waals surface area contributed by atoms with Crippen molar-refractivity contribution in [2.45, 2.75) is 26.3 Å². The summed E-state index contributed by atoms with van der Waals surface area (Å²) in [6.07, 6.45) is 2.93. The largest absolute Gasteiger partial charge is 0.462 e. The van der Waals surface area contributed by atoms with Crippen LogP contribution in [0.25, 0.3) is 0 Å². The Labute approximate surface area is 157 Å². The van der Waals surface area contributed by atoms with Crippen molar-refractivity contribution in [2.24, 2.45) is 0 Å². The number of rotatable bonds is 6. The number of amides is 1. The molecule has 0 unspecified atom stereocenters. The van der Waals surface area contributed by atoms with Crippen molar-refractivity contribution in [2.75, 3.05) is 23.4 Å². The molecule has 6 nitrogen and oxygen atoms in total. The van der Waals surface area contributed by atoms with E-state index in [2.05, 4.69) is 10.3 Å². The lowest BCUT2D eigenvalue weighted by molar-refractivity contribution is -0.117. The molecule has 1 aromatic heterocycles. The molecule has 2 heterocycles. The van der Waals surface area contributed by atoms with E-state index in [1.165, 1.54) is 6.20 Å². The fourth-order valence-corrected chi connectivity index (χ4v) is 3.03. The van der Waals surface area contributed by atoms with Crippen LogP contribution in [0.1, 0.15) is 35.7 Å². The highest BCUT2D eigenvalue weighted by molar-refractivity contribution is 6.33. The third kappa shape index (κ3) is 4.14. The number of hydrogen-bond donors (Lipinski definition) is 1. The highest BCUT2D eigenvalue weighted by Gasteiger charge is 2.21. The monoisotopic (exact) mass is 373 g/mol. The maximum Gasteiger partial charge on any atom is 0.339 e. The van der Waals surface area contributed by atoms with Crippen molar-refractivity contribution in [1.82, 2.24) is 4.98 Å². The van der Waals surface area contributed by atoms with Crippen LogP contribution in [-0.2, 0) is 16.1 Å². The smallest absolute Gasteiger partial charge is 0.339 e. The first kappa shape index (κ1) is 18.2. The van der Waals surface area contributed by atoms with Crippen molar-refractivity contribution >= 4 is 35.0 Å². The van der Waals surface area contributed by atoms with Crippen molar-refractivity contribution < 1.29 is 14.3 Å². The summed E-state index contributed by atoms with van der Waals surface area (Å²) >= 11 is 6.02. The first-order valence-corrected chi connectivity index (χ1v) is 8.92. The number of nitrogens with zero attached hydrogens (tertiary/aromatic N) is 2. The molecule has 1 fully saturated rings. The first-order valence-electron chi connectivity index (χ1n) is 8.54. The van der Waals surface area contributed by atoms with Gasteiger partial charge in [0.25, 0.3) is 0 Å². The molecule has 1 N–H and O–H groups in total. The minimum Gasteiger partial charge on any atom is -0.462 e. The number of ether oxygens (including phenoxy) is 1. The van der Waals surface area contributed by atoms with Gasteiger partial charge in [-0.1, -0.05) is 23.7 Å². The van der Waals surface area contributed by atoms with E-state index in [1.807, 2.05) is 29.2 Å². The van der Waals surface area contributed by atoms with Crippen LogP contribution in [-0.4, -0.2) is 30.0 Å². The Kier molecular flexibility index (Phi) is 5.73. The summed E-state index contributed by atoms with van der Waals surface area (Å²) < 4.78 is 4.99. The van der Waals surface area contributed by atoms with Gasteiger partial charge in [0.2, 0.25) is 5.91 Å². The number of carbonyl (C=O) groups is 2. The zero-order valence-electron chi connectivity index (χ0n) is 14.5. The van der Waals surface area contributed by atoms with Crippen LogP contribution in [0.2, 0.25) is 5.02 Å². The molecule has 0 saturated carbocycles. The molecular weight excluding hydrogens is 354 g/mol. The molecule has 136 valence electrons. The zero-order valence-corrected chi connectivity index (χ0v) is 15.3.